The van der Waals surface area contributed by atoms with Crippen LogP contribution in [0.5, 0.6) is 11.5 Å². The predicted molar refractivity (Wildman–Crippen MR) is 117 cm³/mol. The molecule has 2 aromatic heterocycles. The molecule has 7 nitrogen and oxygen atoms in total. The molecular formula is C23H21ClN4O3. The highest BCUT2D eigenvalue weighted by atomic mass is 35.5. The first-order valence-electron chi connectivity index (χ1n) is 9.90. The highest BCUT2D eigenvalue weighted by Crippen LogP contribution is 2.41. The molecule has 0 N–H and O–H groups in total. The number of halogens is 1. The molecular weight excluding hydrogens is 416 g/mol. The Hall–Kier alpha value is -3.29. The number of hydrogen-bond acceptors (Lipinski definition) is 6. The number of oxazole rings is 1. The smallest absolute Gasteiger partial charge is 0.231 e. The summed E-state index contributed by atoms with van der Waals surface area (Å²) in [7, 11) is 2.06. The van der Waals surface area contributed by atoms with Crippen LogP contribution in [0.1, 0.15) is 17.0 Å². The highest BCUT2D eigenvalue weighted by Gasteiger charge is 2.21. The lowest BCUT2D eigenvalue weighted by molar-refractivity contribution is 0.174. The lowest BCUT2D eigenvalue weighted by Crippen LogP contribution is -2.18. The molecule has 0 saturated carbocycles. The molecule has 158 valence electrons. The van der Waals surface area contributed by atoms with Crippen LogP contribution < -0.4 is 9.47 Å². The monoisotopic (exact) mass is 436 g/mol. The van der Waals surface area contributed by atoms with Crippen molar-refractivity contribution in [3.63, 3.8) is 0 Å². The van der Waals surface area contributed by atoms with Gasteiger partial charge in [0.05, 0.1) is 22.0 Å². The van der Waals surface area contributed by atoms with E-state index in [1.165, 1.54) is 5.56 Å². The normalized spacial score (nSPS) is 12.6. The number of rotatable bonds is 6. The lowest BCUT2D eigenvalue weighted by atomic mass is 10.2. The van der Waals surface area contributed by atoms with Crippen LogP contribution in [0.15, 0.2) is 59.3 Å². The van der Waals surface area contributed by atoms with Gasteiger partial charge in [-0.05, 0) is 43.8 Å². The van der Waals surface area contributed by atoms with Crippen molar-refractivity contribution in [1.82, 2.24) is 19.7 Å². The number of aryl methyl sites for hydroxylation is 1. The quantitative estimate of drug-likeness (QED) is 0.430. The fourth-order valence-corrected chi connectivity index (χ4v) is 3.80. The summed E-state index contributed by atoms with van der Waals surface area (Å²) in [6, 6.07) is 13.8. The van der Waals surface area contributed by atoms with Gasteiger partial charge in [-0.3, -0.25) is 4.90 Å². The van der Waals surface area contributed by atoms with Crippen molar-refractivity contribution in [3.8, 4) is 28.6 Å². The molecule has 0 spiro atoms. The van der Waals surface area contributed by atoms with Crippen LogP contribution in [0.25, 0.3) is 17.1 Å². The van der Waals surface area contributed by atoms with E-state index in [1.54, 1.807) is 12.3 Å². The zero-order valence-corrected chi connectivity index (χ0v) is 18.0. The van der Waals surface area contributed by atoms with Crippen LogP contribution >= 0.6 is 11.6 Å². The topological polar surface area (TPSA) is 65.6 Å². The summed E-state index contributed by atoms with van der Waals surface area (Å²) in [6.45, 7) is 3.54. The maximum atomic E-state index is 6.41. The van der Waals surface area contributed by atoms with E-state index >= 15 is 0 Å². The molecule has 1 aliphatic rings. The zero-order chi connectivity index (χ0) is 21.4. The van der Waals surface area contributed by atoms with Crippen molar-refractivity contribution in [1.29, 1.82) is 0 Å². The van der Waals surface area contributed by atoms with Gasteiger partial charge in [-0.1, -0.05) is 23.7 Å². The number of nitrogens with zero attached hydrogens (tertiary/aromatic N) is 4. The van der Waals surface area contributed by atoms with Crippen LogP contribution in [-0.2, 0) is 13.1 Å². The largest absolute Gasteiger partial charge is 0.454 e. The SMILES string of the molecule is Cc1oc(-c2cc3c(cc2Cl)OCO3)nc1CN(C)Cc1ccc(-n2cccn2)cc1. The van der Waals surface area contributed by atoms with Crippen molar-refractivity contribution < 1.29 is 13.9 Å². The summed E-state index contributed by atoms with van der Waals surface area (Å²) in [4.78, 5) is 6.89. The summed E-state index contributed by atoms with van der Waals surface area (Å²) in [5.41, 5.74) is 3.81. The molecule has 2 aromatic carbocycles. The molecule has 5 rings (SSSR count). The third kappa shape index (κ3) is 4.02. The van der Waals surface area contributed by atoms with E-state index in [2.05, 4.69) is 41.3 Å². The van der Waals surface area contributed by atoms with Crippen LogP contribution in [0.2, 0.25) is 5.02 Å². The molecule has 0 fully saturated rings. The number of ether oxygens (including phenoxy) is 2. The summed E-state index contributed by atoms with van der Waals surface area (Å²) < 4.78 is 18.6. The van der Waals surface area contributed by atoms with E-state index in [4.69, 9.17) is 30.5 Å². The fraction of sp³-hybridized carbons (Fsp3) is 0.217. The van der Waals surface area contributed by atoms with Crippen molar-refractivity contribution in [3.05, 3.63) is 76.9 Å². The second-order valence-electron chi connectivity index (χ2n) is 7.50. The molecule has 0 bridgehead atoms. The van der Waals surface area contributed by atoms with Gasteiger partial charge in [-0.15, -0.1) is 0 Å². The Morgan fingerprint density at radius 3 is 2.61 bits per heavy atom. The van der Waals surface area contributed by atoms with E-state index in [1.807, 2.05) is 29.9 Å². The Morgan fingerprint density at radius 1 is 1.10 bits per heavy atom. The van der Waals surface area contributed by atoms with Crippen LogP contribution in [-0.4, -0.2) is 33.5 Å². The van der Waals surface area contributed by atoms with Gasteiger partial charge in [0.2, 0.25) is 12.7 Å². The Morgan fingerprint density at radius 2 is 1.87 bits per heavy atom. The van der Waals surface area contributed by atoms with Gasteiger partial charge in [-0.25, -0.2) is 9.67 Å². The van der Waals surface area contributed by atoms with E-state index in [0.717, 1.165) is 23.7 Å². The third-order valence-corrected chi connectivity index (χ3v) is 5.48. The van der Waals surface area contributed by atoms with Gasteiger partial charge in [0.25, 0.3) is 0 Å². The van der Waals surface area contributed by atoms with Crippen molar-refractivity contribution in [2.45, 2.75) is 20.0 Å². The molecule has 0 aliphatic carbocycles. The number of aromatic nitrogens is 3. The highest BCUT2D eigenvalue weighted by molar-refractivity contribution is 6.33. The third-order valence-electron chi connectivity index (χ3n) is 5.16. The molecule has 8 heteroatoms. The minimum Gasteiger partial charge on any atom is -0.454 e. The number of benzene rings is 2. The molecule has 0 radical (unpaired) electrons. The van der Waals surface area contributed by atoms with Gasteiger partial charge < -0.3 is 13.9 Å². The minimum absolute atomic E-state index is 0.193. The molecule has 31 heavy (non-hydrogen) atoms. The first-order valence-corrected chi connectivity index (χ1v) is 10.3. The Kier molecular flexibility index (Phi) is 5.13. The van der Waals surface area contributed by atoms with E-state index in [9.17, 15) is 0 Å². The maximum absolute atomic E-state index is 6.41. The first kappa shape index (κ1) is 19.7. The fourth-order valence-electron chi connectivity index (χ4n) is 3.57. The van der Waals surface area contributed by atoms with E-state index in [0.29, 0.717) is 34.5 Å². The summed E-state index contributed by atoms with van der Waals surface area (Å²) in [5, 5.41) is 4.77. The van der Waals surface area contributed by atoms with Crippen molar-refractivity contribution in [2.75, 3.05) is 13.8 Å². The van der Waals surface area contributed by atoms with Crippen LogP contribution in [0, 0.1) is 6.92 Å². The Labute approximate surface area is 184 Å². The Balaban J connectivity index is 1.29. The molecule has 0 atom stereocenters. The van der Waals surface area contributed by atoms with Crippen molar-refractivity contribution >= 4 is 11.6 Å². The van der Waals surface area contributed by atoms with Crippen molar-refractivity contribution in [2.24, 2.45) is 0 Å². The molecule has 1 aliphatic heterocycles. The molecule has 0 amide bonds. The molecule has 0 unspecified atom stereocenters. The average Bonchev–Trinajstić information content (AvgIpc) is 3.50. The number of hydrogen-bond donors (Lipinski definition) is 0. The van der Waals surface area contributed by atoms with Gasteiger partial charge in [0.15, 0.2) is 11.5 Å². The van der Waals surface area contributed by atoms with Gasteiger partial charge in [-0.2, -0.15) is 5.10 Å². The molecule has 4 aromatic rings. The first-order chi connectivity index (χ1) is 15.1. The van der Waals surface area contributed by atoms with Gasteiger partial charge >= 0.3 is 0 Å². The second-order valence-corrected chi connectivity index (χ2v) is 7.90. The zero-order valence-electron chi connectivity index (χ0n) is 17.2. The summed E-state index contributed by atoms with van der Waals surface area (Å²) >= 11 is 6.41. The van der Waals surface area contributed by atoms with E-state index in [-0.39, 0.29) is 6.79 Å². The van der Waals surface area contributed by atoms with Gasteiger partial charge in [0, 0.05) is 31.5 Å². The van der Waals surface area contributed by atoms with Crippen LogP contribution in [0.4, 0.5) is 0 Å². The predicted octanol–water partition coefficient (Wildman–Crippen LogP) is 4.85. The van der Waals surface area contributed by atoms with Crippen LogP contribution in [0.3, 0.4) is 0 Å². The lowest BCUT2D eigenvalue weighted by Gasteiger charge is -2.15. The maximum Gasteiger partial charge on any atom is 0.231 e. The number of fused-ring (bicyclic) bond motifs is 1. The average molecular weight is 437 g/mol. The summed E-state index contributed by atoms with van der Waals surface area (Å²) in [6.07, 6.45) is 3.70. The van der Waals surface area contributed by atoms with Gasteiger partial charge in [0.1, 0.15) is 5.76 Å². The Bertz CT molecular complexity index is 1200. The second kappa shape index (κ2) is 8.09. The molecule has 0 saturated heterocycles. The molecule has 3 heterocycles. The summed E-state index contributed by atoms with van der Waals surface area (Å²) in [5.74, 6) is 2.53. The van der Waals surface area contributed by atoms with E-state index < -0.39 is 0 Å². The minimum atomic E-state index is 0.193. The standard InChI is InChI=1S/C23H21ClN4O3/c1-15-20(26-23(31-15)18-10-21-22(11-19(18)24)30-14-29-21)13-27(2)12-16-4-6-17(7-5-16)28-9-3-8-25-28/h3-11H,12-14H2,1-2H3.